The zero-order valence-electron chi connectivity index (χ0n) is 6.26. The van der Waals surface area contributed by atoms with E-state index in [1.54, 1.807) is 19.3 Å². The zero-order chi connectivity index (χ0) is 8.10. The van der Waals surface area contributed by atoms with E-state index in [1.807, 2.05) is 0 Å². The lowest BCUT2D eigenvalue weighted by atomic mass is 10.2. The van der Waals surface area contributed by atoms with Gasteiger partial charge < -0.3 is 0 Å². The van der Waals surface area contributed by atoms with Crippen LogP contribution in [0.5, 0.6) is 0 Å². The molecule has 3 nitrogen and oxygen atoms in total. The summed E-state index contributed by atoms with van der Waals surface area (Å²) in [6.07, 6.45) is 2.77. The van der Waals surface area contributed by atoms with Gasteiger partial charge in [-0.25, -0.2) is 4.39 Å². The van der Waals surface area contributed by atoms with Crippen molar-refractivity contribution in [2.45, 2.75) is 6.54 Å². The van der Waals surface area contributed by atoms with Crippen LogP contribution in [0.3, 0.4) is 0 Å². The summed E-state index contributed by atoms with van der Waals surface area (Å²) in [6.45, 7) is 0.463. The smallest absolute Gasteiger partial charge is 0.146 e. The van der Waals surface area contributed by atoms with E-state index < -0.39 is 0 Å². The van der Waals surface area contributed by atoms with Crippen LogP contribution in [0.25, 0.3) is 0 Å². The van der Waals surface area contributed by atoms with Crippen LogP contribution in [0.1, 0.15) is 5.56 Å². The Labute approximate surface area is 64.6 Å². The van der Waals surface area contributed by atoms with Crippen LogP contribution in [-0.4, -0.2) is 12.0 Å². The Kier molecular flexibility index (Phi) is 2.95. The molecule has 0 radical (unpaired) electrons. The molecule has 11 heavy (non-hydrogen) atoms. The van der Waals surface area contributed by atoms with E-state index in [4.69, 9.17) is 0 Å². The molecule has 0 bridgehead atoms. The van der Waals surface area contributed by atoms with Crippen molar-refractivity contribution in [2.75, 3.05) is 7.05 Å². The summed E-state index contributed by atoms with van der Waals surface area (Å²) in [5.41, 5.74) is 6.10. The predicted octanol–water partition coefficient (Wildman–Crippen LogP) is 0.445. The summed E-state index contributed by atoms with van der Waals surface area (Å²) in [4.78, 5) is 3.63. The third kappa shape index (κ3) is 2.25. The van der Waals surface area contributed by atoms with E-state index in [2.05, 4.69) is 15.8 Å². The van der Waals surface area contributed by atoms with Gasteiger partial charge in [-0.05, 0) is 13.1 Å². The van der Waals surface area contributed by atoms with E-state index in [-0.39, 0.29) is 5.82 Å². The van der Waals surface area contributed by atoms with Crippen molar-refractivity contribution in [1.29, 1.82) is 0 Å². The Morgan fingerprint density at radius 1 is 1.64 bits per heavy atom. The molecule has 0 aliphatic carbocycles. The van der Waals surface area contributed by atoms with Crippen molar-refractivity contribution in [3.63, 3.8) is 0 Å². The summed E-state index contributed by atoms with van der Waals surface area (Å²) in [7, 11) is 1.74. The molecule has 1 rings (SSSR count). The zero-order valence-corrected chi connectivity index (χ0v) is 6.26. The summed E-state index contributed by atoms with van der Waals surface area (Å²) in [5, 5.41) is 0. The number of halogens is 1. The minimum atomic E-state index is -0.282. The molecule has 60 valence electrons. The van der Waals surface area contributed by atoms with Gasteiger partial charge in [0.15, 0.2) is 0 Å². The molecule has 0 saturated carbocycles. The van der Waals surface area contributed by atoms with Crippen molar-refractivity contribution in [3.05, 3.63) is 29.8 Å². The van der Waals surface area contributed by atoms with Crippen molar-refractivity contribution in [1.82, 2.24) is 15.8 Å². The average molecular weight is 155 g/mol. The van der Waals surface area contributed by atoms with Gasteiger partial charge in [-0.2, -0.15) is 0 Å². The summed E-state index contributed by atoms with van der Waals surface area (Å²) >= 11 is 0. The molecule has 4 heteroatoms. The third-order valence-corrected chi connectivity index (χ3v) is 1.31. The predicted molar refractivity (Wildman–Crippen MR) is 40.1 cm³/mol. The number of nitrogens with zero attached hydrogens (tertiary/aromatic N) is 1. The van der Waals surface area contributed by atoms with Gasteiger partial charge in [0.1, 0.15) is 5.82 Å². The molecule has 0 saturated heterocycles. The minimum Gasteiger partial charge on any atom is -0.262 e. The molecule has 0 fully saturated rings. The fourth-order valence-corrected chi connectivity index (χ4v) is 0.731. The molecule has 0 spiro atoms. The molecule has 0 amide bonds. The highest BCUT2D eigenvalue weighted by Crippen LogP contribution is 2.02. The highest BCUT2D eigenvalue weighted by Gasteiger charge is 1.98. The van der Waals surface area contributed by atoms with Gasteiger partial charge in [0.25, 0.3) is 0 Å². The average Bonchev–Trinajstić information content (AvgIpc) is 2.03. The maximum Gasteiger partial charge on any atom is 0.146 e. The number of aromatic nitrogens is 1. The Balaban J connectivity index is 2.62. The largest absolute Gasteiger partial charge is 0.262 e. The number of nitrogens with one attached hydrogen (secondary N) is 2. The van der Waals surface area contributed by atoms with E-state index >= 15 is 0 Å². The first-order chi connectivity index (χ1) is 5.34. The first-order valence-corrected chi connectivity index (χ1v) is 3.32. The molecule has 0 aliphatic rings. The van der Waals surface area contributed by atoms with Gasteiger partial charge in [0.2, 0.25) is 0 Å². The topological polar surface area (TPSA) is 37.0 Å². The second kappa shape index (κ2) is 4.00. The summed E-state index contributed by atoms with van der Waals surface area (Å²) < 4.78 is 12.8. The van der Waals surface area contributed by atoms with Crippen LogP contribution in [0.2, 0.25) is 0 Å². The molecular weight excluding hydrogens is 145 g/mol. The van der Waals surface area contributed by atoms with E-state index in [0.29, 0.717) is 12.1 Å². The lowest BCUT2D eigenvalue weighted by Gasteiger charge is -2.02. The van der Waals surface area contributed by atoms with Gasteiger partial charge in [-0.3, -0.25) is 15.8 Å². The first-order valence-electron chi connectivity index (χ1n) is 3.32. The second-order valence-electron chi connectivity index (χ2n) is 2.07. The number of hydrazine groups is 1. The van der Waals surface area contributed by atoms with Crippen LogP contribution < -0.4 is 10.9 Å². The Morgan fingerprint density at radius 2 is 2.45 bits per heavy atom. The van der Waals surface area contributed by atoms with Crippen LogP contribution >= 0.6 is 0 Å². The monoisotopic (exact) mass is 155 g/mol. The molecule has 0 aromatic carbocycles. The molecule has 0 atom stereocenters. The number of hydrogen-bond acceptors (Lipinski definition) is 3. The molecule has 1 aromatic rings. The Bertz CT molecular complexity index is 227. The lowest BCUT2D eigenvalue weighted by Crippen LogP contribution is -2.27. The van der Waals surface area contributed by atoms with E-state index in [9.17, 15) is 4.39 Å². The van der Waals surface area contributed by atoms with Gasteiger partial charge in [-0.1, -0.05) is 0 Å². The fourth-order valence-electron chi connectivity index (χ4n) is 0.731. The third-order valence-electron chi connectivity index (χ3n) is 1.31. The maximum atomic E-state index is 12.8. The molecule has 0 aliphatic heterocycles. The molecule has 1 heterocycles. The number of pyridine rings is 1. The molecule has 0 unspecified atom stereocenters. The minimum absolute atomic E-state index is 0.282. The van der Waals surface area contributed by atoms with Crippen LogP contribution in [0.4, 0.5) is 4.39 Å². The lowest BCUT2D eigenvalue weighted by molar-refractivity contribution is 0.552. The SMILES string of the molecule is CNNCc1ccncc1F. The second-order valence-corrected chi connectivity index (χ2v) is 2.07. The molecule has 1 aromatic heterocycles. The van der Waals surface area contributed by atoms with Crippen LogP contribution in [0.15, 0.2) is 18.5 Å². The van der Waals surface area contributed by atoms with Crippen LogP contribution in [-0.2, 0) is 6.54 Å². The Morgan fingerprint density at radius 3 is 3.09 bits per heavy atom. The quantitative estimate of drug-likeness (QED) is 0.622. The van der Waals surface area contributed by atoms with Crippen molar-refractivity contribution < 1.29 is 4.39 Å². The van der Waals surface area contributed by atoms with Gasteiger partial charge in [0.05, 0.1) is 6.20 Å². The summed E-state index contributed by atoms with van der Waals surface area (Å²) in [6, 6.07) is 1.64. The van der Waals surface area contributed by atoms with E-state index in [1.165, 1.54) is 6.20 Å². The van der Waals surface area contributed by atoms with Crippen molar-refractivity contribution in [3.8, 4) is 0 Å². The normalized spacial score (nSPS) is 10.0. The Hall–Kier alpha value is -1.00. The van der Waals surface area contributed by atoms with Crippen molar-refractivity contribution in [2.24, 2.45) is 0 Å². The first kappa shape index (κ1) is 8.10. The van der Waals surface area contributed by atoms with Gasteiger partial charge >= 0.3 is 0 Å². The number of rotatable bonds is 3. The fraction of sp³-hybridized carbons (Fsp3) is 0.286. The summed E-state index contributed by atoms with van der Waals surface area (Å²) in [5.74, 6) is -0.282. The van der Waals surface area contributed by atoms with Crippen LogP contribution in [0, 0.1) is 5.82 Å². The number of hydrogen-bond donors (Lipinski definition) is 2. The highest BCUT2D eigenvalue weighted by molar-refractivity contribution is 5.11. The van der Waals surface area contributed by atoms with Gasteiger partial charge in [-0.15, -0.1) is 0 Å². The van der Waals surface area contributed by atoms with Gasteiger partial charge in [0, 0.05) is 18.3 Å². The maximum absolute atomic E-state index is 12.8. The van der Waals surface area contributed by atoms with E-state index in [0.717, 1.165) is 0 Å². The highest BCUT2D eigenvalue weighted by atomic mass is 19.1. The molecule has 2 N–H and O–H groups in total. The van der Waals surface area contributed by atoms with Crippen molar-refractivity contribution >= 4 is 0 Å². The standard InChI is InChI=1S/C7H10FN3/c1-9-11-4-6-2-3-10-5-7(6)8/h2-3,5,9,11H,4H2,1H3. The molecular formula is C7H10FN3.